The van der Waals surface area contributed by atoms with Gasteiger partial charge >= 0.3 is 0 Å². The maximum Gasteiger partial charge on any atom is 0.0991 e. The molecule has 3 rings (SSSR count). The Hall–Kier alpha value is -1.60. The molecule has 0 unspecified atom stereocenters. The smallest absolute Gasteiger partial charge is 0.0991 e. The normalized spacial score (nSPS) is 19.2. The molecule has 2 N–H and O–H groups in total. The molecule has 104 valence electrons. The molecule has 1 aliphatic rings. The Kier molecular flexibility index (Phi) is 5.52. The van der Waals surface area contributed by atoms with Crippen LogP contribution in [-0.2, 0) is 0 Å². The first-order valence-corrected chi connectivity index (χ1v) is 6.00. The van der Waals surface area contributed by atoms with Gasteiger partial charge in [0, 0.05) is 23.7 Å². The van der Waals surface area contributed by atoms with Gasteiger partial charge in [-0.1, -0.05) is 18.2 Å². The highest BCUT2D eigenvalue weighted by atomic mass is 35.5. The van der Waals surface area contributed by atoms with E-state index in [4.69, 9.17) is 11.0 Å². The van der Waals surface area contributed by atoms with Gasteiger partial charge in [-0.05, 0) is 30.2 Å². The number of rotatable bonds is 2. The molecule has 0 aliphatic heterocycles. The summed E-state index contributed by atoms with van der Waals surface area (Å²) in [6.07, 6.45) is 2.98. The van der Waals surface area contributed by atoms with E-state index in [9.17, 15) is 0 Å². The second-order valence-electron chi connectivity index (χ2n) is 4.67. The van der Waals surface area contributed by atoms with Crippen LogP contribution < -0.4 is 5.73 Å². The number of halogens is 2. The number of hydrogen-bond acceptors (Lipinski definition) is 3. The second kappa shape index (κ2) is 6.71. The van der Waals surface area contributed by atoms with E-state index in [0.717, 1.165) is 17.7 Å². The van der Waals surface area contributed by atoms with Crippen molar-refractivity contribution in [1.29, 1.82) is 5.26 Å². The third-order valence-corrected chi connectivity index (χ3v) is 3.36. The average molecular weight is 308 g/mol. The molecule has 2 atom stereocenters. The Morgan fingerprint density at radius 1 is 1.10 bits per heavy atom. The number of nitriles is 1. The molecule has 0 bridgehead atoms. The summed E-state index contributed by atoms with van der Waals surface area (Å²) in [6.45, 7) is 0. The molecule has 20 heavy (non-hydrogen) atoms. The third kappa shape index (κ3) is 3.29. The van der Waals surface area contributed by atoms with Crippen LogP contribution in [0.4, 0.5) is 0 Å². The van der Waals surface area contributed by atoms with Gasteiger partial charge in [-0.15, -0.1) is 24.8 Å². The molecule has 0 amide bonds. The summed E-state index contributed by atoms with van der Waals surface area (Å²) in [7, 11) is 0. The lowest BCUT2D eigenvalue weighted by Crippen LogP contribution is -2.01. The van der Waals surface area contributed by atoms with Crippen LogP contribution in [0.2, 0.25) is 0 Å². The lowest BCUT2D eigenvalue weighted by Gasteiger charge is -2.03. The van der Waals surface area contributed by atoms with Crippen molar-refractivity contribution >= 4 is 24.8 Å². The number of aromatic nitrogens is 1. The molecular formula is C15H15Cl2N3. The minimum Gasteiger partial charge on any atom is -0.327 e. The molecule has 0 saturated heterocycles. The molecule has 1 fully saturated rings. The van der Waals surface area contributed by atoms with Crippen molar-refractivity contribution in [3.05, 3.63) is 53.7 Å². The highest BCUT2D eigenvalue weighted by Crippen LogP contribution is 2.38. The van der Waals surface area contributed by atoms with Crippen LogP contribution in [0.1, 0.15) is 23.5 Å². The standard InChI is InChI=1S/C15H13N3.2ClH/c16-8-10-1-3-11(4-2-10)15-6-5-12(9-18-15)13-7-14(13)17;;/h1-6,9,13-14H,7,17H2;2*1H/t13-,14+;;/m1../s1. The molecule has 1 saturated carbocycles. The van der Waals surface area contributed by atoms with E-state index in [1.165, 1.54) is 5.56 Å². The molecule has 1 aromatic heterocycles. The summed E-state index contributed by atoms with van der Waals surface area (Å²) in [5, 5.41) is 8.75. The van der Waals surface area contributed by atoms with Gasteiger partial charge in [0.1, 0.15) is 0 Å². The van der Waals surface area contributed by atoms with Crippen molar-refractivity contribution in [1.82, 2.24) is 4.98 Å². The first-order valence-electron chi connectivity index (χ1n) is 6.00. The maximum absolute atomic E-state index is 8.75. The SMILES string of the molecule is Cl.Cl.N#Cc1ccc(-c2ccc([C@H]3C[C@@H]3N)cn2)cc1. The fourth-order valence-corrected chi connectivity index (χ4v) is 2.11. The van der Waals surface area contributed by atoms with Crippen LogP contribution in [0.3, 0.4) is 0 Å². The van der Waals surface area contributed by atoms with Crippen LogP contribution in [0.25, 0.3) is 11.3 Å². The van der Waals surface area contributed by atoms with E-state index in [1.54, 1.807) is 0 Å². The second-order valence-corrected chi connectivity index (χ2v) is 4.67. The van der Waals surface area contributed by atoms with E-state index in [2.05, 4.69) is 17.1 Å². The zero-order valence-electron chi connectivity index (χ0n) is 10.7. The highest BCUT2D eigenvalue weighted by Gasteiger charge is 2.34. The number of pyridine rings is 1. The Balaban J connectivity index is 0.000001000. The topological polar surface area (TPSA) is 62.7 Å². The van der Waals surface area contributed by atoms with Crippen LogP contribution >= 0.6 is 24.8 Å². The molecule has 1 aromatic carbocycles. The number of benzene rings is 1. The van der Waals surface area contributed by atoms with Crippen molar-refractivity contribution in [2.24, 2.45) is 5.73 Å². The average Bonchev–Trinajstić information content (AvgIpc) is 3.16. The van der Waals surface area contributed by atoms with Crippen molar-refractivity contribution in [2.45, 2.75) is 18.4 Å². The number of nitrogens with zero attached hydrogens (tertiary/aromatic N) is 2. The van der Waals surface area contributed by atoms with Crippen LogP contribution in [0, 0.1) is 11.3 Å². The van der Waals surface area contributed by atoms with Gasteiger partial charge in [-0.3, -0.25) is 4.98 Å². The molecule has 0 spiro atoms. The molecule has 5 heteroatoms. The summed E-state index contributed by atoms with van der Waals surface area (Å²) in [5.41, 5.74) is 9.67. The predicted molar refractivity (Wildman–Crippen MR) is 84.2 cm³/mol. The minimum atomic E-state index is 0. The maximum atomic E-state index is 8.75. The first kappa shape index (κ1) is 16.5. The van der Waals surface area contributed by atoms with Gasteiger partial charge in [0.15, 0.2) is 0 Å². The molecular weight excluding hydrogens is 293 g/mol. The van der Waals surface area contributed by atoms with Crippen molar-refractivity contribution < 1.29 is 0 Å². The van der Waals surface area contributed by atoms with Crippen molar-refractivity contribution in [2.75, 3.05) is 0 Å². The summed E-state index contributed by atoms with van der Waals surface area (Å²) in [5.74, 6) is 0.493. The zero-order valence-corrected chi connectivity index (χ0v) is 12.3. The van der Waals surface area contributed by atoms with E-state index < -0.39 is 0 Å². The molecule has 3 nitrogen and oxygen atoms in total. The number of nitrogens with two attached hydrogens (primary N) is 1. The number of hydrogen-bond donors (Lipinski definition) is 1. The Morgan fingerprint density at radius 2 is 1.75 bits per heavy atom. The van der Waals surface area contributed by atoms with E-state index in [-0.39, 0.29) is 24.8 Å². The summed E-state index contributed by atoms with van der Waals surface area (Å²) >= 11 is 0. The quantitative estimate of drug-likeness (QED) is 0.926. The molecule has 1 heterocycles. The largest absolute Gasteiger partial charge is 0.327 e. The highest BCUT2D eigenvalue weighted by molar-refractivity contribution is 5.85. The summed E-state index contributed by atoms with van der Waals surface area (Å²) in [4.78, 5) is 4.46. The van der Waals surface area contributed by atoms with Gasteiger partial charge in [0.05, 0.1) is 17.3 Å². The van der Waals surface area contributed by atoms with E-state index in [0.29, 0.717) is 17.5 Å². The van der Waals surface area contributed by atoms with Crippen LogP contribution in [-0.4, -0.2) is 11.0 Å². The van der Waals surface area contributed by atoms with Gasteiger partial charge in [-0.25, -0.2) is 0 Å². The first-order chi connectivity index (χ1) is 8.78. The Bertz CT molecular complexity index is 603. The van der Waals surface area contributed by atoms with Crippen molar-refractivity contribution in [3.8, 4) is 17.3 Å². The minimum absolute atomic E-state index is 0. The fraction of sp³-hybridized carbons (Fsp3) is 0.200. The van der Waals surface area contributed by atoms with Crippen LogP contribution in [0.5, 0.6) is 0 Å². The Labute approximate surface area is 130 Å². The van der Waals surface area contributed by atoms with Gasteiger partial charge in [-0.2, -0.15) is 5.26 Å². The monoisotopic (exact) mass is 307 g/mol. The summed E-state index contributed by atoms with van der Waals surface area (Å²) in [6, 6.07) is 14.0. The van der Waals surface area contributed by atoms with E-state index in [1.807, 2.05) is 36.5 Å². The Morgan fingerprint density at radius 3 is 2.20 bits per heavy atom. The van der Waals surface area contributed by atoms with Crippen LogP contribution in [0.15, 0.2) is 42.6 Å². The fourth-order valence-electron chi connectivity index (χ4n) is 2.11. The van der Waals surface area contributed by atoms with Gasteiger partial charge < -0.3 is 5.73 Å². The zero-order chi connectivity index (χ0) is 12.5. The van der Waals surface area contributed by atoms with Gasteiger partial charge in [0.25, 0.3) is 0 Å². The van der Waals surface area contributed by atoms with E-state index >= 15 is 0 Å². The third-order valence-electron chi connectivity index (χ3n) is 3.36. The molecule has 0 radical (unpaired) electrons. The molecule has 2 aromatic rings. The lowest BCUT2D eigenvalue weighted by atomic mass is 10.1. The predicted octanol–water partition coefficient (Wildman–Crippen LogP) is 3.28. The molecule has 1 aliphatic carbocycles. The lowest BCUT2D eigenvalue weighted by molar-refractivity contribution is 0.981. The summed E-state index contributed by atoms with van der Waals surface area (Å²) < 4.78 is 0. The van der Waals surface area contributed by atoms with Crippen molar-refractivity contribution in [3.63, 3.8) is 0 Å². The van der Waals surface area contributed by atoms with Gasteiger partial charge in [0.2, 0.25) is 0 Å².